The van der Waals surface area contributed by atoms with Crippen molar-refractivity contribution in [1.29, 1.82) is 0 Å². The van der Waals surface area contributed by atoms with Gasteiger partial charge in [-0.15, -0.1) is 0 Å². The molecule has 51 heavy (non-hydrogen) atoms. The van der Waals surface area contributed by atoms with Crippen LogP contribution >= 0.6 is 0 Å². The number of nitrogens with zero attached hydrogens (tertiary/aromatic N) is 2. The fourth-order valence-corrected chi connectivity index (χ4v) is 10.7. The predicted octanol–water partition coefficient (Wildman–Crippen LogP) is 12.6. The van der Waals surface area contributed by atoms with Crippen molar-refractivity contribution >= 4 is 77.4 Å². The molecule has 0 aliphatic carbocycles. The van der Waals surface area contributed by atoms with Gasteiger partial charge in [0.15, 0.2) is 0 Å². The van der Waals surface area contributed by atoms with Gasteiger partial charge in [0, 0.05) is 5.69 Å². The summed E-state index contributed by atoms with van der Waals surface area (Å²) in [6.45, 7) is 0. The van der Waals surface area contributed by atoms with Gasteiger partial charge in [0.2, 0.25) is 0 Å². The van der Waals surface area contributed by atoms with Gasteiger partial charge in [-0.1, -0.05) is 54.6 Å². The Hall–Kier alpha value is -6.12. The molecule has 0 aliphatic rings. The van der Waals surface area contributed by atoms with E-state index in [-0.39, 0.29) is 14.5 Å². The Morgan fingerprint density at radius 1 is 0.314 bits per heavy atom. The minimum absolute atomic E-state index is 0.263. The summed E-state index contributed by atoms with van der Waals surface area (Å²) in [5.41, 5.74) is 12.3. The molecule has 0 N–H and O–H groups in total. The van der Waals surface area contributed by atoms with Crippen LogP contribution in [0.15, 0.2) is 182 Å². The summed E-state index contributed by atoms with van der Waals surface area (Å²) >= 11 is 0.263. The van der Waals surface area contributed by atoms with Gasteiger partial charge in [-0.25, -0.2) is 0 Å². The van der Waals surface area contributed by atoms with Crippen LogP contribution < -0.4 is 0 Å². The molecule has 0 fully saturated rings. The molecule has 8 aromatic carbocycles. The van der Waals surface area contributed by atoms with Crippen molar-refractivity contribution in [3.63, 3.8) is 0 Å². The van der Waals surface area contributed by atoms with Gasteiger partial charge in [0.05, 0.1) is 0 Å². The average molecular weight is 714 g/mol. The third-order valence-corrected chi connectivity index (χ3v) is 13.1. The van der Waals surface area contributed by atoms with Crippen molar-refractivity contribution in [3.05, 3.63) is 182 Å². The van der Waals surface area contributed by atoms with E-state index < -0.39 is 0 Å². The van der Waals surface area contributed by atoms with E-state index in [9.17, 15) is 0 Å². The number of para-hydroxylation sites is 2. The second kappa shape index (κ2) is 11.2. The van der Waals surface area contributed by atoms with Gasteiger partial charge in [0.1, 0.15) is 0 Å². The number of fused-ring (bicyclic) bond motifs is 9. The summed E-state index contributed by atoms with van der Waals surface area (Å²) in [4.78, 5) is 0. The Labute approximate surface area is 300 Å². The van der Waals surface area contributed by atoms with Crippen LogP contribution in [-0.4, -0.2) is 23.6 Å². The molecule has 0 saturated heterocycles. The van der Waals surface area contributed by atoms with E-state index in [1.165, 1.54) is 96.5 Å². The quantitative estimate of drug-likeness (QED) is 0.161. The van der Waals surface area contributed by atoms with E-state index in [2.05, 4.69) is 191 Å². The molecule has 11 rings (SSSR count). The molecular formula is C48H30N2Se. The van der Waals surface area contributed by atoms with E-state index >= 15 is 0 Å². The second-order valence-corrected chi connectivity index (χ2v) is 15.5. The van der Waals surface area contributed by atoms with Crippen LogP contribution in [0.25, 0.3) is 96.5 Å². The molecule has 0 bridgehead atoms. The van der Waals surface area contributed by atoms with Crippen molar-refractivity contribution in [2.45, 2.75) is 0 Å². The topological polar surface area (TPSA) is 9.86 Å². The van der Waals surface area contributed by atoms with Crippen molar-refractivity contribution in [2.75, 3.05) is 0 Å². The van der Waals surface area contributed by atoms with Gasteiger partial charge in [-0.2, -0.15) is 0 Å². The van der Waals surface area contributed by atoms with Crippen LogP contribution in [0.2, 0.25) is 0 Å². The van der Waals surface area contributed by atoms with Crippen molar-refractivity contribution < 1.29 is 0 Å². The summed E-state index contributed by atoms with van der Waals surface area (Å²) in [5, 5.41) is 7.86. The number of benzene rings is 8. The van der Waals surface area contributed by atoms with Crippen LogP contribution in [0.5, 0.6) is 0 Å². The van der Waals surface area contributed by atoms with E-state index in [0.29, 0.717) is 0 Å². The zero-order valence-corrected chi connectivity index (χ0v) is 29.3. The van der Waals surface area contributed by atoms with Crippen molar-refractivity contribution in [1.82, 2.24) is 9.13 Å². The largest absolute Gasteiger partial charge is 0.0617 e. The molecule has 0 aliphatic heterocycles. The molecule has 0 unspecified atom stereocenters. The summed E-state index contributed by atoms with van der Waals surface area (Å²) in [5.74, 6) is 0. The summed E-state index contributed by atoms with van der Waals surface area (Å²) in [6, 6.07) is 67.0. The Bertz CT molecular complexity index is 3120. The number of rotatable bonds is 4. The molecule has 2 nitrogen and oxygen atoms in total. The maximum absolute atomic E-state index is 2.50. The van der Waals surface area contributed by atoms with Gasteiger partial charge in [-0.3, -0.25) is 0 Å². The molecule has 0 spiro atoms. The molecule has 0 atom stereocenters. The van der Waals surface area contributed by atoms with Crippen LogP contribution in [-0.2, 0) is 0 Å². The second-order valence-electron chi connectivity index (χ2n) is 13.3. The zero-order valence-electron chi connectivity index (χ0n) is 27.6. The Kier molecular flexibility index (Phi) is 6.30. The number of aromatic nitrogens is 2. The van der Waals surface area contributed by atoms with Crippen LogP contribution in [0.1, 0.15) is 0 Å². The first-order chi connectivity index (χ1) is 25.3. The van der Waals surface area contributed by atoms with Crippen LogP contribution in [0.4, 0.5) is 0 Å². The number of hydrogen-bond donors (Lipinski definition) is 0. The molecule has 3 aromatic heterocycles. The third-order valence-electron chi connectivity index (χ3n) is 10.5. The first-order valence-corrected chi connectivity index (χ1v) is 19.1. The zero-order chi connectivity index (χ0) is 33.5. The fourth-order valence-electron chi connectivity index (χ4n) is 8.18. The molecule has 3 heterocycles. The first-order valence-electron chi connectivity index (χ1n) is 17.4. The molecule has 238 valence electrons. The summed E-state index contributed by atoms with van der Waals surface area (Å²) in [6.07, 6.45) is 0. The molecule has 11 aromatic rings. The monoisotopic (exact) mass is 714 g/mol. The van der Waals surface area contributed by atoms with Crippen LogP contribution in [0, 0.1) is 0 Å². The summed E-state index contributed by atoms with van der Waals surface area (Å²) in [7, 11) is 0. The Balaban J connectivity index is 1.07. The number of hydrogen-bond acceptors (Lipinski definition) is 0. The molecule has 0 amide bonds. The minimum Gasteiger partial charge on any atom is -0.0617 e. The van der Waals surface area contributed by atoms with E-state index in [0.717, 1.165) is 0 Å². The Morgan fingerprint density at radius 2 is 0.824 bits per heavy atom. The average Bonchev–Trinajstić information content (AvgIpc) is 3.86. The fraction of sp³-hybridized carbons (Fsp3) is 0. The Morgan fingerprint density at radius 3 is 1.53 bits per heavy atom. The van der Waals surface area contributed by atoms with Gasteiger partial charge in [0.25, 0.3) is 0 Å². The molecular weight excluding hydrogens is 684 g/mol. The smallest absolute Gasteiger partial charge is 0.0374 e. The van der Waals surface area contributed by atoms with Crippen molar-refractivity contribution in [2.24, 2.45) is 0 Å². The normalized spacial score (nSPS) is 11.9. The van der Waals surface area contributed by atoms with E-state index in [1.807, 2.05) is 0 Å². The molecule has 3 heteroatoms. The minimum atomic E-state index is 0.263. The van der Waals surface area contributed by atoms with E-state index in [1.54, 1.807) is 0 Å². The SMILES string of the molecule is c1ccc(-c2ccc(-n3c4ccccc4c4cc(-c5ccc6c(c5)c5ccccc5n6-c5cccc6c5[se]c5ccccc56)ccc43)cc2)cc1. The van der Waals surface area contributed by atoms with Crippen LogP contribution in [0.3, 0.4) is 0 Å². The molecule has 0 saturated carbocycles. The van der Waals surface area contributed by atoms with Gasteiger partial charge in [-0.05, 0) is 29.3 Å². The molecule has 0 radical (unpaired) electrons. The van der Waals surface area contributed by atoms with Gasteiger partial charge < -0.3 is 0 Å². The standard InChI is InChI=1S/C48H30N2Se/c1-2-11-31(12-3-1)32-21-25-35(26-22-32)49-42-17-7-4-13-36(42)40-29-33(23-27-44(40)49)34-24-28-45-41(30-34)37-14-5-8-18-43(37)50(45)46-19-10-16-39-38-15-6-9-20-47(38)51-48(39)46/h1-30H. The third kappa shape index (κ3) is 4.36. The van der Waals surface area contributed by atoms with Gasteiger partial charge >= 0.3 is 213 Å². The maximum atomic E-state index is 2.50. The van der Waals surface area contributed by atoms with Crippen molar-refractivity contribution in [3.8, 4) is 33.6 Å². The first kappa shape index (κ1) is 28.7. The summed E-state index contributed by atoms with van der Waals surface area (Å²) < 4.78 is 7.84. The maximum Gasteiger partial charge on any atom is -0.0374 e. The predicted molar refractivity (Wildman–Crippen MR) is 218 cm³/mol. The van der Waals surface area contributed by atoms with E-state index in [4.69, 9.17) is 0 Å².